The number of fused-ring (bicyclic) bond motifs is 1. The standard InChI is InChI=1S/C19H22N2O2/c1-22-19-3-2-15(14-4-6-20-7-5-14)8-16(19)9-21-10-17-12-23-13-18(17)11-21/h2-8,17-18H,9-13H2,1H3/t17-,18+. The Hall–Kier alpha value is -1.91. The van der Waals surface area contributed by atoms with E-state index in [0.29, 0.717) is 11.8 Å². The molecule has 0 bridgehead atoms. The van der Waals surface area contributed by atoms with Gasteiger partial charge >= 0.3 is 0 Å². The highest BCUT2D eigenvalue weighted by atomic mass is 16.5. The van der Waals surface area contributed by atoms with Gasteiger partial charge in [0.15, 0.2) is 0 Å². The molecule has 4 heteroatoms. The Labute approximate surface area is 137 Å². The van der Waals surface area contributed by atoms with E-state index in [4.69, 9.17) is 9.47 Å². The van der Waals surface area contributed by atoms with Gasteiger partial charge in [-0.3, -0.25) is 9.88 Å². The van der Waals surface area contributed by atoms with Gasteiger partial charge in [-0.15, -0.1) is 0 Å². The van der Waals surface area contributed by atoms with Crippen LogP contribution in [0, 0.1) is 11.8 Å². The van der Waals surface area contributed by atoms with Gasteiger partial charge in [0.1, 0.15) is 5.75 Å². The average molecular weight is 310 g/mol. The minimum atomic E-state index is 0.712. The van der Waals surface area contributed by atoms with Crippen LogP contribution < -0.4 is 4.74 Å². The van der Waals surface area contributed by atoms with E-state index in [-0.39, 0.29) is 0 Å². The van der Waals surface area contributed by atoms with E-state index in [1.807, 2.05) is 24.5 Å². The van der Waals surface area contributed by atoms with Crippen molar-refractivity contribution in [2.75, 3.05) is 33.4 Å². The summed E-state index contributed by atoms with van der Waals surface area (Å²) in [6.07, 6.45) is 3.67. The molecule has 0 aliphatic carbocycles. The molecule has 4 nitrogen and oxygen atoms in total. The fourth-order valence-corrected chi connectivity index (χ4v) is 3.78. The summed E-state index contributed by atoms with van der Waals surface area (Å²) in [5.74, 6) is 2.39. The van der Waals surface area contributed by atoms with Gasteiger partial charge in [-0.1, -0.05) is 6.07 Å². The van der Waals surface area contributed by atoms with Crippen LogP contribution in [-0.2, 0) is 11.3 Å². The summed E-state index contributed by atoms with van der Waals surface area (Å²) in [5.41, 5.74) is 3.66. The molecule has 2 saturated heterocycles. The van der Waals surface area contributed by atoms with Crippen LogP contribution in [0.1, 0.15) is 5.56 Å². The lowest BCUT2D eigenvalue weighted by atomic mass is 10.0. The molecule has 2 aliphatic rings. The number of hydrogen-bond donors (Lipinski definition) is 0. The molecule has 2 aliphatic heterocycles. The second-order valence-corrected chi connectivity index (χ2v) is 6.51. The summed E-state index contributed by atoms with van der Waals surface area (Å²) in [6.45, 7) is 5.06. The Balaban J connectivity index is 1.57. The molecule has 2 aromatic rings. The van der Waals surface area contributed by atoms with Crippen molar-refractivity contribution < 1.29 is 9.47 Å². The number of hydrogen-bond acceptors (Lipinski definition) is 4. The van der Waals surface area contributed by atoms with Crippen molar-refractivity contribution in [3.63, 3.8) is 0 Å². The minimum Gasteiger partial charge on any atom is -0.496 e. The molecule has 0 unspecified atom stereocenters. The Morgan fingerprint density at radius 3 is 2.52 bits per heavy atom. The van der Waals surface area contributed by atoms with Crippen LogP contribution in [0.15, 0.2) is 42.7 Å². The summed E-state index contributed by atoms with van der Waals surface area (Å²) in [5, 5.41) is 0. The molecule has 120 valence electrons. The maximum atomic E-state index is 5.58. The quantitative estimate of drug-likeness (QED) is 0.870. The summed E-state index contributed by atoms with van der Waals surface area (Å²) in [6, 6.07) is 10.5. The second-order valence-electron chi connectivity index (χ2n) is 6.51. The Morgan fingerprint density at radius 1 is 1.09 bits per heavy atom. The van der Waals surface area contributed by atoms with E-state index >= 15 is 0 Å². The van der Waals surface area contributed by atoms with Gasteiger partial charge in [-0.05, 0) is 35.4 Å². The first-order valence-corrected chi connectivity index (χ1v) is 8.21. The smallest absolute Gasteiger partial charge is 0.123 e. The highest BCUT2D eigenvalue weighted by Gasteiger charge is 2.37. The molecule has 0 saturated carbocycles. The molecule has 2 fully saturated rings. The van der Waals surface area contributed by atoms with Crippen molar-refractivity contribution in [2.45, 2.75) is 6.54 Å². The van der Waals surface area contributed by atoms with Crippen molar-refractivity contribution in [1.82, 2.24) is 9.88 Å². The third-order valence-corrected chi connectivity index (χ3v) is 5.00. The normalized spacial score (nSPS) is 23.9. The van der Waals surface area contributed by atoms with E-state index < -0.39 is 0 Å². The van der Waals surface area contributed by atoms with Gasteiger partial charge in [0.2, 0.25) is 0 Å². The van der Waals surface area contributed by atoms with Crippen LogP contribution in [-0.4, -0.2) is 43.3 Å². The molecule has 0 amide bonds. The van der Waals surface area contributed by atoms with Crippen LogP contribution in [0.4, 0.5) is 0 Å². The van der Waals surface area contributed by atoms with Gasteiger partial charge < -0.3 is 9.47 Å². The summed E-state index contributed by atoms with van der Waals surface area (Å²) in [7, 11) is 1.75. The molecule has 4 rings (SSSR count). The highest BCUT2D eigenvalue weighted by Crippen LogP contribution is 2.33. The van der Waals surface area contributed by atoms with Gasteiger partial charge in [-0.25, -0.2) is 0 Å². The SMILES string of the molecule is COc1ccc(-c2ccncc2)cc1CN1C[C@H]2COC[C@H]2C1. The number of benzene rings is 1. The fraction of sp³-hybridized carbons (Fsp3) is 0.421. The van der Waals surface area contributed by atoms with E-state index in [2.05, 4.69) is 28.1 Å². The Bertz CT molecular complexity index is 662. The predicted molar refractivity (Wildman–Crippen MR) is 89.3 cm³/mol. The van der Waals surface area contributed by atoms with Crippen molar-refractivity contribution in [3.05, 3.63) is 48.3 Å². The Morgan fingerprint density at radius 2 is 1.83 bits per heavy atom. The zero-order chi connectivity index (χ0) is 15.6. The molecule has 0 spiro atoms. The van der Waals surface area contributed by atoms with Gasteiger partial charge in [0, 0.05) is 49.4 Å². The van der Waals surface area contributed by atoms with Crippen LogP contribution in [0.3, 0.4) is 0 Å². The molecule has 1 aromatic carbocycles. The van der Waals surface area contributed by atoms with E-state index in [1.54, 1.807) is 7.11 Å². The zero-order valence-corrected chi connectivity index (χ0v) is 13.4. The first-order valence-electron chi connectivity index (χ1n) is 8.21. The highest BCUT2D eigenvalue weighted by molar-refractivity contribution is 5.65. The van der Waals surface area contributed by atoms with Crippen LogP contribution in [0.5, 0.6) is 5.75 Å². The summed E-state index contributed by atoms with van der Waals surface area (Å²) < 4.78 is 11.2. The molecule has 1 aromatic heterocycles. The average Bonchev–Trinajstić information content (AvgIpc) is 3.17. The molecule has 0 N–H and O–H groups in total. The van der Waals surface area contributed by atoms with Crippen molar-refractivity contribution in [1.29, 1.82) is 0 Å². The Kier molecular flexibility index (Phi) is 4.02. The lowest BCUT2D eigenvalue weighted by molar-refractivity contribution is 0.152. The van der Waals surface area contributed by atoms with E-state index in [1.165, 1.54) is 16.7 Å². The lowest BCUT2D eigenvalue weighted by Gasteiger charge is -2.19. The molecule has 0 radical (unpaired) electrons. The summed E-state index contributed by atoms with van der Waals surface area (Å²) in [4.78, 5) is 6.63. The molecule has 23 heavy (non-hydrogen) atoms. The van der Waals surface area contributed by atoms with Crippen molar-refractivity contribution >= 4 is 0 Å². The third-order valence-electron chi connectivity index (χ3n) is 5.00. The first kappa shape index (κ1) is 14.7. The number of aromatic nitrogens is 1. The van der Waals surface area contributed by atoms with Crippen LogP contribution in [0.2, 0.25) is 0 Å². The predicted octanol–water partition coefficient (Wildman–Crippen LogP) is 2.84. The van der Waals surface area contributed by atoms with Crippen LogP contribution >= 0.6 is 0 Å². The molecule has 3 heterocycles. The van der Waals surface area contributed by atoms with Gasteiger partial charge in [0.25, 0.3) is 0 Å². The molecular weight excluding hydrogens is 288 g/mol. The van der Waals surface area contributed by atoms with Crippen molar-refractivity contribution in [3.8, 4) is 16.9 Å². The largest absolute Gasteiger partial charge is 0.496 e. The van der Waals surface area contributed by atoms with Gasteiger partial charge in [-0.2, -0.15) is 0 Å². The second kappa shape index (κ2) is 6.30. The number of pyridine rings is 1. The maximum absolute atomic E-state index is 5.58. The third kappa shape index (κ3) is 2.96. The number of methoxy groups -OCH3 is 1. The van der Waals surface area contributed by atoms with Crippen LogP contribution in [0.25, 0.3) is 11.1 Å². The van der Waals surface area contributed by atoms with Crippen molar-refractivity contribution in [2.24, 2.45) is 11.8 Å². The monoisotopic (exact) mass is 310 g/mol. The number of likely N-dealkylation sites (tertiary alicyclic amines) is 1. The molecule has 2 atom stereocenters. The first-order chi connectivity index (χ1) is 11.3. The maximum Gasteiger partial charge on any atom is 0.123 e. The zero-order valence-electron chi connectivity index (χ0n) is 13.4. The summed E-state index contributed by atoms with van der Waals surface area (Å²) >= 11 is 0. The topological polar surface area (TPSA) is 34.6 Å². The van der Waals surface area contributed by atoms with E-state index in [9.17, 15) is 0 Å². The minimum absolute atomic E-state index is 0.712. The number of nitrogens with zero attached hydrogens (tertiary/aromatic N) is 2. The molecular formula is C19H22N2O2. The number of rotatable bonds is 4. The van der Waals surface area contributed by atoms with Gasteiger partial charge in [0.05, 0.1) is 20.3 Å². The fourth-order valence-electron chi connectivity index (χ4n) is 3.78. The number of ether oxygens (including phenoxy) is 2. The lowest BCUT2D eigenvalue weighted by Crippen LogP contribution is -2.22. The van der Waals surface area contributed by atoms with E-state index in [0.717, 1.165) is 38.6 Å².